The Morgan fingerprint density at radius 1 is 1.29 bits per heavy atom. The Kier molecular flexibility index (Phi) is 7.56. The Hall–Kier alpha value is -3.58. The van der Waals surface area contributed by atoms with Crippen molar-refractivity contribution in [2.45, 2.75) is 44.3 Å². The van der Waals surface area contributed by atoms with Gasteiger partial charge in [0.05, 0.1) is 12.0 Å². The van der Waals surface area contributed by atoms with E-state index >= 15 is 0 Å². The molecule has 0 aliphatic carbocycles. The van der Waals surface area contributed by atoms with Crippen LogP contribution in [0.5, 0.6) is 0 Å². The van der Waals surface area contributed by atoms with Crippen molar-refractivity contribution in [3.8, 4) is 0 Å². The number of hydrogen-bond donors (Lipinski definition) is 3. The van der Waals surface area contributed by atoms with Gasteiger partial charge in [0.1, 0.15) is 17.0 Å². The van der Waals surface area contributed by atoms with Gasteiger partial charge in [0.15, 0.2) is 5.76 Å². The van der Waals surface area contributed by atoms with Gasteiger partial charge in [-0.15, -0.1) is 16.4 Å². The molecule has 4 N–H and O–H groups in total. The number of nitrogens with zero attached hydrogens (tertiary/aromatic N) is 3. The van der Waals surface area contributed by atoms with E-state index in [9.17, 15) is 19.2 Å². The van der Waals surface area contributed by atoms with Crippen LogP contribution in [0.15, 0.2) is 40.3 Å². The zero-order valence-electron chi connectivity index (χ0n) is 18.8. The number of amides is 4. The molecule has 1 saturated heterocycles. The Bertz CT molecular complexity index is 1190. The first kappa shape index (κ1) is 24.5. The van der Waals surface area contributed by atoms with E-state index in [-0.39, 0.29) is 37.1 Å². The Morgan fingerprint density at radius 3 is 2.74 bits per heavy atom. The molecule has 0 unspecified atom stereocenters. The second kappa shape index (κ2) is 10.8. The number of rotatable bonds is 8. The first-order valence-corrected chi connectivity index (χ1v) is 12.5. The largest absolute Gasteiger partial charge is 0.459 e. The van der Waals surface area contributed by atoms with Crippen molar-refractivity contribution in [3.05, 3.63) is 57.1 Å². The number of nitrogens with one attached hydrogen (secondary N) is 2. The predicted molar refractivity (Wildman–Crippen MR) is 128 cm³/mol. The number of carbonyl (C=O) groups excluding carboxylic acids is 4. The number of primary amides is 1. The number of aryl methyl sites for hydroxylation is 1. The second-order valence-corrected chi connectivity index (χ2v) is 9.91. The molecule has 4 rings (SSSR count). The van der Waals surface area contributed by atoms with Gasteiger partial charge in [-0.05, 0) is 54.9 Å². The van der Waals surface area contributed by atoms with Crippen molar-refractivity contribution in [1.29, 1.82) is 0 Å². The molecular weight excluding hydrogens is 492 g/mol. The van der Waals surface area contributed by atoms with Crippen LogP contribution in [0.1, 0.15) is 43.6 Å². The van der Waals surface area contributed by atoms with E-state index in [1.807, 2.05) is 17.5 Å². The van der Waals surface area contributed by atoms with Gasteiger partial charge in [-0.1, -0.05) is 10.6 Å². The van der Waals surface area contributed by atoms with Gasteiger partial charge in [-0.3, -0.25) is 19.2 Å². The molecule has 1 aliphatic rings. The molecule has 3 aromatic heterocycles. The Morgan fingerprint density at radius 2 is 2.11 bits per heavy atom. The fourth-order valence-corrected chi connectivity index (χ4v) is 5.25. The zero-order chi connectivity index (χ0) is 24.9. The SMILES string of the molecule is Cc1nnsc1C(=O)N[C@H]1CCN(C(=O)c2ccco2)[C@H](C(=O)N[C@@H](Cc2cccs2)C(N)=O)C1. The number of furan rings is 1. The van der Waals surface area contributed by atoms with Crippen LogP contribution in [0.3, 0.4) is 0 Å². The summed E-state index contributed by atoms with van der Waals surface area (Å²) < 4.78 is 9.02. The highest BCUT2D eigenvalue weighted by atomic mass is 32.1. The van der Waals surface area contributed by atoms with Gasteiger partial charge in [0, 0.05) is 23.9 Å². The predicted octanol–water partition coefficient (Wildman–Crippen LogP) is 1.12. The van der Waals surface area contributed by atoms with Crippen LogP contribution in [0, 0.1) is 6.92 Å². The van der Waals surface area contributed by atoms with Crippen molar-refractivity contribution in [1.82, 2.24) is 25.1 Å². The first-order valence-electron chi connectivity index (χ1n) is 10.9. The lowest BCUT2D eigenvalue weighted by molar-refractivity contribution is -0.131. The molecular formula is C22H24N6O5S2. The number of aromatic nitrogens is 2. The lowest BCUT2D eigenvalue weighted by Gasteiger charge is -2.38. The molecule has 0 spiro atoms. The summed E-state index contributed by atoms with van der Waals surface area (Å²) in [4.78, 5) is 53.9. The van der Waals surface area contributed by atoms with Crippen LogP contribution in [0.25, 0.3) is 0 Å². The second-order valence-electron chi connectivity index (χ2n) is 8.12. The van der Waals surface area contributed by atoms with Gasteiger partial charge >= 0.3 is 0 Å². The van der Waals surface area contributed by atoms with Crippen molar-refractivity contribution in [2.75, 3.05) is 6.54 Å². The molecule has 3 atom stereocenters. The molecule has 3 aromatic rings. The smallest absolute Gasteiger partial charge is 0.290 e. The third kappa shape index (κ3) is 5.74. The molecule has 1 aliphatic heterocycles. The van der Waals surface area contributed by atoms with Crippen molar-refractivity contribution < 1.29 is 23.6 Å². The molecule has 184 valence electrons. The number of carbonyl (C=O) groups is 4. The minimum Gasteiger partial charge on any atom is -0.459 e. The quantitative estimate of drug-likeness (QED) is 0.404. The molecule has 0 saturated carbocycles. The van der Waals surface area contributed by atoms with Crippen LogP contribution in [0.4, 0.5) is 0 Å². The van der Waals surface area contributed by atoms with Gasteiger partial charge in [-0.2, -0.15) is 0 Å². The number of thiophene rings is 1. The van der Waals surface area contributed by atoms with E-state index in [2.05, 4.69) is 20.2 Å². The lowest BCUT2D eigenvalue weighted by Crippen LogP contribution is -2.59. The highest BCUT2D eigenvalue weighted by Crippen LogP contribution is 2.22. The van der Waals surface area contributed by atoms with E-state index in [1.165, 1.54) is 28.6 Å². The van der Waals surface area contributed by atoms with Gasteiger partial charge in [0.25, 0.3) is 11.8 Å². The van der Waals surface area contributed by atoms with Crippen LogP contribution >= 0.6 is 22.9 Å². The maximum Gasteiger partial charge on any atom is 0.290 e. The van der Waals surface area contributed by atoms with Crippen LogP contribution in [-0.4, -0.2) is 62.8 Å². The summed E-state index contributed by atoms with van der Waals surface area (Å²) in [7, 11) is 0. The minimum absolute atomic E-state index is 0.0988. The fourth-order valence-electron chi connectivity index (χ4n) is 3.94. The fraction of sp³-hybridized carbons (Fsp3) is 0.364. The summed E-state index contributed by atoms with van der Waals surface area (Å²) in [6.45, 7) is 1.89. The molecule has 13 heteroatoms. The van der Waals surface area contributed by atoms with E-state index in [0.717, 1.165) is 16.4 Å². The van der Waals surface area contributed by atoms with Crippen LogP contribution in [0.2, 0.25) is 0 Å². The van der Waals surface area contributed by atoms with E-state index in [1.54, 1.807) is 13.0 Å². The zero-order valence-corrected chi connectivity index (χ0v) is 20.4. The molecule has 4 amide bonds. The Balaban J connectivity index is 1.51. The standard InChI is InChI=1S/C22H24N6O5S2/c1-12-18(35-27-26-12)21(31)24-13-6-7-28(22(32)17-5-2-8-33-17)16(10-13)20(30)25-15(19(23)29)11-14-4-3-9-34-14/h2-5,8-9,13,15-16H,6-7,10-11H2,1H3,(H2,23,29)(H,24,31)(H,25,30)/t13-,15-,16-/m0/s1. The summed E-state index contributed by atoms with van der Waals surface area (Å²) in [5.41, 5.74) is 6.07. The van der Waals surface area contributed by atoms with Crippen molar-refractivity contribution >= 4 is 46.5 Å². The van der Waals surface area contributed by atoms with E-state index < -0.39 is 29.8 Å². The molecule has 0 radical (unpaired) electrons. The van der Waals surface area contributed by atoms with Gasteiger partial charge in [-0.25, -0.2) is 0 Å². The molecule has 4 heterocycles. The highest BCUT2D eigenvalue weighted by Gasteiger charge is 2.39. The van der Waals surface area contributed by atoms with Crippen LogP contribution in [-0.2, 0) is 16.0 Å². The number of hydrogen-bond acceptors (Lipinski definition) is 9. The third-order valence-electron chi connectivity index (χ3n) is 5.74. The molecule has 1 fully saturated rings. The summed E-state index contributed by atoms with van der Waals surface area (Å²) >= 11 is 2.44. The average molecular weight is 517 g/mol. The molecule has 0 bridgehead atoms. The molecule has 35 heavy (non-hydrogen) atoms. The van der Waals surface area contributed by atoms with E-state index in [0.29, 0.717) is 17.0 Å². The van der Waals surface area contributed by atoms with Crippen molar-refractivity contribution in [3.63, 3.8) is 0 Å². The maximum atomic E-state index is 13.4. The molecule has 11 nitrogen and oxygen atoms in total. The van der Waals surface area contributed by atoms with E-state index in [4.69, 9.17) is 10.2 Å². The highest BCUT2D eigenvalue weighted by molar-refractivity contribution is 7.09. The summed E-state index contributed by atoms with van der Waals surface area (Å²) in [5, 5.41) is 11.3. The number of likely N-dealkylation sites (tertiary alicyclic amines) is 1. The molecule has 0 aromatic carbocycles. The van der Waals surface area contributed by atoms with Crippen molar-refractivity contribution in [2.24, 2.45) is 5.73 Å². The topological polar surface area (TPSA) is 161 Å². The summed E-state index contributed by atoms with van der Waals surface area (Å²) in [6.07, 6.45) is 2.21. The average Bonchev–Trinajstić information content (AvgIpc) is 3.61. The minimum atomic E-state index is -0.947. The third-order valence-corrected chi connectivity index (χ3v) is 7.46. The monoisotopic (exact) mass is 516 g/mol. The summed E-state index contributed by atoms with van der Waals surface area (Å²) in [5.74, 6) is -1.89. The number of piperidine rings is 1. The maximum absolute atomic E-state index is 13.4. The number of nitrogens with two attached hydrogens (primary N) is 1. The Labute approximate surface area is 208 Å². The summed E-state index contributed by atoms with van der Waals surface area (Å²) in [6, 6.07) is 4.53. The lowest BCUT2D eigenvalue weighted by atomic mass is 9.95. The first-order chi connectivity index (χ1) is 16.8. The van der Waals surface area contributed by atoms with Gasteiger partial charge in [0.2, 0.25) is 11.8 Å². The van der Waals surface area contributed by atoms with Crippen LogP contribution < -0.4 is 16.4 Å². The normalized spacial score (nSPS) is 18.6. The van der Waals surface area contributed by atoms with Gasteiger partial charge < -0.3 is 25.7 Å².